The fraction of sp³-hybridized carbons (Fsp3) is 0.241. The SMILES string of the molecule is O=C(c1csc(CSc2nnc(-c3ccco3)n2-c2ccc(Cl)cc2)n1)N1CCN(Cc2ccc3c(c2)OCO3)CC1. The van der Waals surface area contributed by atoms with Crippen molar-refractivity contribution in [1.82, 2.24) is 29.5 Å². The first-order valence-electron chi connectivity index (χ1n) is 13.3. The zero-order valence-electron chi connectivity index (χ0n) is 22.3. The van der Waals surface area contributed by atoms with E-state index >= 15 is 0 Å². The average Bonchev–Trinajstić information content (AvgIpc) is 3.83. The maximum absolute atomic E-state index is 13.2. The number of rotatable bonds is 8. The first kappa shape index (κ1) is 27.0. The average molecular weight is 621 g/mol. The molecular weight excluding hydrogens is 596 g/mol. The third-order valence-corrected chi connectivity index (χ3v) is 9.28. The third-order valence-electron chi connectivity index (χ3n) is 7.06. The predicted molar refractivity (Wildman–Crippen MR) is 159 cm³/mol. The normalized spacial score (nSPS) is 14.9. The van der Waals surface area contributed by atoms with Crippen molar-refractivity contribution in [3.05, 3.63) is 87.5 Å². The van der Waals surface area contributed by atoms with E-state index in [1.807, 2.05) is 63.4 Å². The molecular formula is C29H25ClN6O4S2. The molecule has 214 valence electrons. The van der Waals surface area contributed by atoms with E-state index in [1.54, 1.807) is 6.26 Å². The maximum Gasteiger partial charge on any atom is 0.273 e. The van der Waals surface area contributed by atoms with Gasteiger partial charge in [0.25, 0.3) is 5.91 Å². The number of furan rings is 1. The van der Waals surface area contributed by atoms with E-state index in [0.29, 0.717) is 46.3 Å². The van der Waals surface area contributed by atoms with Crippen LogP contribution in [0.2, 0.25) is 5.02 Å². The molecule has 0 atom stereocenters. The highest BCUT2D eigenvalue weighted by atomic mass is 35.5. The summed E-state index contributed by atoms with van der Waals surface area (Å²) in [7, 11) is 0. The van der Waals surface area contributed by atoms with Crippen LogP contribution in [0.1, 0.15) is 21.1 Å². The molecule has 2 aromatic carbocycles. The van der Waals surface area contributed by atoms with Gasteiger partial charge in [0.05, 0.1) is 12.0 Å². The Kier molecular flexibility index (Phi) is 7.59. The van der Waals surface area contributed by atoms with Crippen molar-refractivity contribution >= 4 is 40.6 Å². The van der Waals surface area contributed by atoms with Crippen LogP contribution >= 0.6 is 34.7 Å². The smallest absolute Gasteiger partial charge is 0.273 e. The van der Waals surface area contributed by atoms with Crippen LogP contribution in [0.25, 0.3) is 17.3 Å². The minimum Gasteiger partial charge on any atom is -0.461 e. The molecule has 0 bridgehead atoms. The number of aromatic nitrogens is 4. The summed E-state index contributed by atoms with van der Waals surface area (Å²) >= 11 is 9.10. The molecule has 10 nitrogen and oxygen atoms in total. The lowest BCUT2D eigenvalue weighted by atomic mass is 10.1. The number of halogens is 1. The molecule has 5 aromatic rings. The number of hydrogen-bond donors (Lipinski definition) is 0. The number of ether oxygens (including phenoxy) is 2. The molecule has 2 aliphatic heterocycles. The van der Waals surface area contributed by atoms with Gasteiger partial charge in [0, 0.05) is 48.8 Å². The highest BCUT2D eigenvalue weighted by Crippen LogP contribution is 2.33. The number of nitrogens with zero attached hydrogens (tertiary/aromatic N) is 6. The summed E-state index contributed by atoms with van der Waals surface area (Å²) in [5.74, 6) is 3.30. The number of benzene rings is 2. The number of amides is 1. The van der Waals surface area contributed by atoms with Crippen molar-refractivity contribution in [2.45, 2.75) is 17.5 Å². The molecule has 42 heavy (non-hydrogen) atoms. The lowest BCUT2D eigenvalue weighted by molar-refractivity contribution is 0.0623. The summed E-state index contributed by atoms with van der Waals surface area (Å²) in [4.78, 5) is 22.1. The van der Waals surface area contributed by atoms with E-state index in [-0.39, 0.29) is 12.7 Å². The number of piperazine rings is 1. The number of fused-ring (bicyclic) bond motifs is 1. The Morgan fingerprint density at radius 1 is 1.00 bits per heavy atom. The Morgan fingerprint density at radius 2 is 1.83 bits per heavy atom. The fourth-order valence-electron chi connectivity index (χ4n) is 4.92. The Morgan fingerprint density at radius 3 is 2.64 bits per heavy atom. The lowest BCUT2D eigenvalue weighted by Crippen LogP contribution is -2.48. The topological polar surface area (TPSA) is 98.8 Å². The molecule has 5 heterocycles. The van der Waals surface area contributed by atoms with Crippen molar-refractivity contribution in [2.24, 2.45) is 0 Å². The summed E-state index contributed by atoms with van der Waals surface area (Å²) in [6.07, 6.45) is 1.61. The third kappa shape index (κ3) is 5.62. The summed E-state index contributed by atoms with van der Waals surface area (Å²) in [5, 5.41) is 12.8. The number of hydrogen-bond acceptors (Lipinski definition) is 10. The van der Waals surface area contributed by atoms with Crippen molar-refractivity contribution in [3.8, 4) is 28.8 Å². The van der Waals surface area contributed by atoms with E-state index in [0.717, 1.165) is 41.8 Å². The van der Waals surface area contributed by atoms with Gasteiger partial charge in [-0.25, -0.2) is 4.98 Å². The molecule has 2 aliphatic rings. The molecule has 13 heteroatoms. The molecule has 0 radical (unpaired) electrons. The van der Waals surface area contributed by atoms with Gasteiger partial charge in [-0.3, -0.25) is 14.3 Å². The van der Waals surface area contributed by atoms with E-state index in [9.17, 15) is 4.79 Å². The summed E-state index contributed by atoms with van der Waals surface area (Å²) in [5.41, 5.74) is 2.52. The maximum atomic E-state index is 13.2. The highest BCUT2D eigenvalue weighted by Gasteiger charge is 2.25. The zero-order chi connectivity index (χ0) is 28.5. The van der Waals surface area contributed by atoms with Gasteiger partial charge in [0.2, 0.25) is 12.6 Å². The molecule has 0 saturated carbocycles. The predicted octanol–water partition coefficient (Wildman–Crippen LogP) is 5.62. The summed E-state index contributed by atoms with van der Waals surface area (Å²) in [6, 6.07) is 17.2. The van der Waals surface area contributed by atoms with E-state index in [1.165, 1.54) is 28.7 Å². The van der Waals surface area contributed by atoms with Gasteiger partial charge in [-0.05, 0) is 54.1 Å². The van der Waals surface area contributed by atoms with Gasteiger partial charge in [0.15, 0.2) is 22.4 Å². The molecule has 7 rings (SSSR count). The Balaban J connectivity index is 0.978. The van der Waals surface area contributed by atoms with Gasteiger partial charge in [-0.15, -0.1) is 21.5 Å². The molecule has 0 spiro atoms. The van der Waals surface area contributed by atoms with Gasteiger partial charge in [-0.1, -0.05) is 29.4 Å². The molecule has 0 aliphatic carbocycles. The summed E-state index contributed by atoms with van der Waals surface area (Å²) in [6.45, 7) is 3.99. The second-order valence-corrected chi connectivity index (χ2v) is 12.1. The van der Waals surface area contributed by atoms with Crippen LogP contribution < -0.4 is 9.47 Å². The Bertz CT molecular complexity index is 1700. The van der Waals surface area contributed by atoms with Crippen molar-refractivity contribution in [3.63, 3.8) is 0 Å². The molecule has 0 unspecified atom stereocenters. The van der Waals surface area contributed by atoms with Crippen LogP contribution in [-0.2, 0) is 12.3 Å². The van der Waals surface area contributed by atoms with E-state index in [4.69, 9.17) is 25.5 Å². The molecule has 1 amide bonds. The van der Waals surface area contributed by atoms with Crippen molar-refractivity contribution in [1.29, 1.82) is 0 Å². The molecule has 1 saturated heterocycles. The van der Waals surface area contributed by atoms with Crippen LogP contribution in [0.3, 0.4) is 0 Å². The first-order chi connectivity index (χ1) is 20.6. The minimum atomic E-state index is -0.0327. The lowest BCUT2D eigenvalue weighted by Gasteiger charge is -2.34. The van der Waals surface area contributed by atoms with Gasteiger partial charge in [-0.2, -0.15) is 0 Å². The Labute approximate surface area is 254 Å². The van der Waals surface area contributed by atoms with Gasteiger partial charge >= 0.3 is 0 Å². The minimum absolute atomic E-state index is 0.0327. The number of carbonyl (C=O) groups excluding carboxylic acids is 1. The number of thioether (sulfide) groups is 1. The van der Waals surface area contributed by atoms with Crippen LogP contribution in [0, 0.1) is 0 Å². The Hall–Kier alpha value is -3.84. The van der Waals surface area contributed by atoms with E-state index in [2.05, 4.69) is 26.1 Å². The second-order valence-electron chi connectivity index (χ2n) is 9.77. The second kappa shape index (κ2) is 11.8. The van der Waals surface area contributed by atoms with Crippen molar-refractivity contribution in [2.75, 3.05) is 33.0 Å². The quantitative estimate of drug-likeness (QED) is 0.205. The number of carbonyl (C=O) groups is 1. The molecule has 0 N–H and O–H groups in total. The van der Waals surface area contributed by atoms with Crippen molar-refractivity contribution < 1.29 is 18.7 Å². The first-order valence-corrected chi connectivity index (χ1v) is 15.6. The van der Waals surface area contributed by atoms with Gasteiger partial charge in [0.1, 0.15) is 10.7 Å². The van der Waals surface area contributed by atoms with E-state index < -0.39 is 0 Å². The van der Waals surface area contributed by atoms with Crippen LogP contribution in [0.4, 0.5) is 0 Å². The van der Waals surface area contributed by atoms with Crippen LogP contribution in [0.15, 0.2) is 75.8 Å². The van der Waals surface area contributed by atoms with Gasteiger partial charge < -0.3 is 18.8 Å². The summed E-state index contributed by atoms with van der Waals surface area (Å²) < 4.78 is 18.4. The highest BCUT2D eigenvalue weighted by molar-refractivity contribution is 7.98. The molecule has 1 fully saturated rings. The zero-order valence-corrected chi connectivity index (χ0v) is 24.7. The van der Waals surface area contributed by atoms with Crippen LogP contribution in [0.5, 0.6) is 11.5 Å². The largest absolute Gasteiger partial charge is 0.461 e. The number of thiazole rings is 1. The van der Waals surface area contributed by atoms with Crippen LogP contribution in [-0.4, -0.2) is 68.4 Å². The standard InChI is InChI=1S/C29H25ClN6O4S2/c30-20-4-6-21(7-5-20)36-27(24-2-1-13-38-24)32-33-29(36)42-17-26-31-22(16-41-26)28(37)35-11-9-34(10-12-35)15-19-3-8-23-25(14-19)40-18-39-23/h1-8,13-14,16H,9-12,15,17-18H2. The molecule has 3 aromatic heterocycles. The fourth-order valence-corrected chi connectivity index (χ4v) is 6.79. The monoisotopic (exact) mass is 620 g/mol.